The molecule has 1 aromatic rings. The van der Waals surface area contributed by atoms with Crippen LogP contribution in [0.4, 0.5) is 0 Å². The maximum absolute atomic E-state index is 12.5. The average molecular weight is 351 g/mol. The van der Waals surface area contributed by atoms with Gasteiger partial charge in [0.25, 0.3) is 0 Å². The number of nitrogens with zero attached hydrogens (tertiary/aromatic N) is 1. The number of ether oxygens (including phenoxy) is 1. The van der Waals surface area contributed by atoms with E-state index < -0.39 is 17.4 Å². The van der Waals surface area contributed by atoms with Crippen LogP contribution in [0.1, 0.15) is 23.8 Å². The van der Waals surface area contributed by atoms with Gasteiger partial charge in [-0.2, -0.15) is 0 Å². The van der Waals surface area contributed by atoms with Crippen molar-refractivity contribution < 1.29 is 14.3 Å². The molecule has 21 heavy (non-hydrogen) atoms. The summed E-state index contributed by atoms with van der Waals surface area (Å²) in [6.07, 6.45) is 1.31. The van der Waals surface area contributed by atoms with Crippen LogP contribution in [0.25, 0.3) is 0 Å². The molecule has 1 aliphatic rings. The molecule has 0 radical (unpaired) electrons. The monoisotopic (exact) mass is 349 g/mol. The van der Waals surface area contributed by atoms with Crippen LogP contribution in [0.2, 0.25) is 10.0 Å². The van der Waals surface area contributed by atoms with Crippen molar-refractivity contribution in [3.8, 4) is 0 Å². The van der Waals surface area contributed by atoms with E-state index in [-0.39, 0.29) is 5.91 Å². The summed E-state index contributed by atoms with van der Waals surface area (Å²) in [5, 5.41) is -0.179. The van der Waals surface area contributed by atoms with E-state index in [0.29, 0.717) is 28.6 Å². The predicted molar refractivity (Wildman–Crippen MR) is 81.8 cm³/mol. The summed E-state index contributed by atoms with van der Waals surface area (Å²) in [5.74, 6) is -0.796. The molecule has 114 valence electrons. The summed E-state index contributed by atoms with van der Waals surface area (Å²) in [4.78, 5) is 25.7. The molecule has 0 saturated carbocycles. The Hall–Kier alpha value is -0.970. The molecule has 1 saturated heterocycles. The van der Waals surface area contributed by atoms with Gasteiger partial charge in [0.05, 0.1) is 7.11 Å². The number of rotatable bonds is 3. The van der Waals surface area contributed by atoms with Crippen LogP contribution >= 0.6 is 34.8 Å². The first-order valence-corrected chi connectivity index (χ1v) is 7.62. The molecule has 7 heteroatoms. The molecule has 0 N–H and O–H groups in total. The number of carbonyl (C=O) groups excluding carboxylic acids is 2. The van der Waals surface area contributed by atoms with Crippen LogP contribution in [-0.2, 0) is 14.3 Å². The van der Waals surface area contributed by atoms with Gasteiger partial charge in [-0.15, -0.1) is 11.6 Å². The van der Waals surface area contributed by atoms with E-state index in [1.165, 1.54) is 12.0 Å². The highest BCUT2D eigenvalue weighted by Crippen LogP contribution is 2.33. The lowest BCUT2D eigenvalue weighted by Gasteiger charge is -2.25. The van der Waals surface area contributed by atoms with Crippen molar-refractivity contribution in [2.75, 3.05) is 13.7 Å². The van der Waals surface area contributed by atoms with Gasteiger partial charge in [-0.3, -0.25) is 4.79 Å². The second-order valence-electron chi connectivity index (χ2n) is 4.74. The van der Waals surface area contributed by atoms with Crippen molar-refractivity contribution in [3.63, 3.8) is 0 Å². The molecule has 1 aliphatic heterocycles. The number of benzene rings is 1. The number of hydrogen-bond acceptors (Lipinski definition) is 3. The first kappa shape index (κ1) is 16.4. The number of halogens is 3. The Kier molecular flexibility index (Phi) is 5.36. The summed E-state index contributed by atoms with van der Waals surface area (Å²) in [5.41, 5.74) is 0.436. The van der Waals surface area contributed by atoms with Crippen molar-refractivity contribution in [1.29, 1.82) is 0 Å². The van der Waals surface area contributed by atoms with E-state index in [9.17, 15) is 9.59 Å². The topological polar surface area (TPSA) is 46.6 Å². The molecule has 1 amide bonds. The van der Waals surface area contributed by atoms with Crippen LogP contribution in [0, 0.1) is 0 Å². The number of methoxy groups -OCH3 is 1. The fourth-order valence-electron chi connectivity index (χ4n) is 2.40. The number of alkyl halides is 1. The Labute approximate surface area is 137 Å². The van der Waals surface area contributed by atoms with Crippen molar-refractivity contribution >= 4 is 46.7 Å². The van der Waals surface area contributed by atoms with E-state index in [0.717, 1.165) is 6.42 Å². The molecule has 2 unspecified atom stereocenters. The number of amides is 1. The molecule has 0 aromatic heterocycles. The van der Waals surface area contributed by atoms with Crippen molar-refractivity contribution in [2.45, 2.75) is 24.3 Å². The van der Waals surface area contributed by atoms with Gasteiger partial charge in [0.1, 0.15) is 11.4 Å². The van der Waals surface area contributed by atoms with Gasteiger partial charge >= 0.3 is 5.97 Å². The van der Waals surface area contributed by atoms with Crippen LogP contribution in [-0.4, -0.2) is 36.5 Å². The first-order valence-electron chi connectivity index (χ1n) is 6.43. The van der Waals surface area contributed by atoms with Gasteiger partial charge in [-0.05, 0) is 36.6 Å². The van der Waals surface area contributed by atoms with Gasteiger partial charge < -0.3 is 9.64 Å². The second-order valence-corrected chi connectivity index (χ2v) is 6.02. The van der Waals surface area contributed by atoms with E-state index >= 15 is 0 Å². The molecule has 1 heterocycles. The van der Waals surface area contributed by atoms with Gasteiger partial charge in [0.15, 0.2) is 0 Å². The fraction of sp³-hybridized carbons (Fsp3) is 0.429. The fourth-order valence-corrected chi connectivity index (χ4v) is 3.17. The van der Waals surface area contributed by atoms with Crippen molar-refractivity contribution in [2.24, 2.45) is 0 Å². The van der Waals surface area contributed by atoms with Gasteiger partial charge in [-0.1, -0.05) is 23.2 Å². The molecule has 1 aromatic carbocycles. The Morgan fingerprint density at radius 3 is 2.76 bits per heavy atom. The lowest BCUT2D eigenvalue weighted by Crippen LogP contribution is -2.42. The van der Waals surface area contributed by atoms with Crippen LogP contribution in [0.5, 0.6) is 0 Å². The SMILES string of the molecule is COC(=O)C1CCCN1C(=O)C(Cl)c1cc(Cl)ccc1Cl. The molecule has 2 atom stereocenters. The summed E-state index contributed by atoms with van der Waals surface area (Å²) in [6, 6.07) is 4.18. The number of hydrogen-bond donors (Lipinski definition) is 0. The molecule has 1 fully saturated rings. The zero-order valence-corrected chi connectivity index (χ0v) is 13.6. The smallest absolute Gasteiger partial charge is 0.328 e. The second kappa shape index (κ2) is 6.86. The molecule has 2 rings (SSSR count). The number of carbonyl (C=O) groups is 2. The summed E-state index contributed by atoms with van der Waals surface area (Å²) in [7, 11) is 1.30. The van der Waals surface area contributed by atoms with Crippen LogP contribution in [0.15, 0.2) is 18.2 Å². The molecule has 0 spiro atoms. The lowest BCUT2D eigenvalue weighted by molar-refractivity contribution is -0.150. The van der Waals surface area contributed by atoms with Gasteiger partial charge in [0.2, 0.25) is 5.91 Å². The standard InChI is InChI=1S/C14H14Cl3NO3/c1-21-14(20)11-3-2-6-18(11)13(19)12(17)9-7-8(15)4-5-10(9)16/h4-5,7,11-12H,2-3,6H2,1H3. The van der Waals surface area contributed by atoms with E-state index in [4.69, 9.17) is 39.5 Å². The van der Waals surface area contributed by atoms with Crippen LogP contribution in [0.3, 0.4) is 0 Å². The van der Waals surface area contributed by atoms with E-state index in [1.54, 1.807) is 18.2 Å². The Balaban J connectivity index is 2.22. The maximum atomic E-state index is 12.5. The Morgan fingerprint density at radius 1 is 1.38 bits per heavy atom. The first-order chi connectivity index (χ1) is 9.95. The highest BCUT2D eigenvalue weighted by atomic mass is 35.5. The average Bonchev–Trinajstić information content (AvgIpc) is 2.96. The number of esters is 1. The van der Waals surface area contributed by atoms with Gasteiger partial charge in [0, 0.05) is 16.6 Å². The lowest BCUT2D eigenvalue weighted by atomic mass is 10.1. The minimum Gasteiger partial charge on any atom is -0.467 e. The summed E-state index contributed by atoms with van der Waals surface area (Å²) < 4.78 is 4.72. The normalized spacial score (nSPS) is 19.4. The third-order valence-corrected chi connectivity index (χ3v) is 4.46. The molecule has 0 bridgehead atoms. The van der Waals surface area contributed by atoms with Crippen molar-refractivity contribution in [3.05, 3.63) is 33.8 Å². The molecule has 0 aliphatic carbocycles. The summed E-state index contributed by atoms with van der Waals surface area (Å²) >= 11 is 18.2. The largest absolute Gasteiger partial charge is 0.467 e. The zero-order valence-electron chi connectivity index (χ0n) is 11.3. The predicted octanol–water partition coefficient (Wildman–Crippen LogP) is 3.44. The molecular formula is C14H14Cl3NO3. The van der Waals surface area contributed by atoms with E-state index in [2.05, 4.69) is 0 Å². The Morgan fingerprint density at radius 2 is 2.10 bits per heavy atom. The zero-order chi connectivity index (χ0) is 15.6. The summed E-state index contributed by atoms with van der Waals surface area (Å²) in [6.45, 7) is 0.472. The minimum absolute atomic E-state index is 0.363. The maximum Gasteiger partial charge on any atom is 0.328 e. The van der Waals surface area contributed by atoms with Crippen LogP contribution < -0.4 is 0 Å². The molecular weight excluding hydrogens is 337 g/mol. The Bertz CT molecular complexity index is 564. The third kappa shape index (κ3) is 3.44. The highest BCUT2D eigenvalue weighted by molar-refractivity contribution is 6.37. The van der Waals surface area contributed by atoms with E-state index in [1.807, 2.05) is 0 Å². The minimum atomic E-state index is -0.985. The third-order valence-electron chi connectivity index (χ3n) is 3.46. The van der Waals surface area contributed by atoms with Crippen molar-refractivity contribution in [1.82, 2.24) is 4.90 Å². The quantitative estimate of drug-likeness (QED) is 0.620. The number of likely N-dealkylation sites (tertiary alicyclic amines) is 1. The molecule has 4 nitrogen and oxygen atoms in total. The van der Waals surface area contributed by atoms with Gasteiger partial charge in [-0.25, -0.2) is 4.79 Å². The highest BCUT2D eigenvalue weighted by Gasteiger charge is 2.38.